The van der Waals surface area contributed by atoms with E-state index >= 15 is 0 Å². The van der Waals surface area contributed by atoms with E-state index in [1.807, 2.05) is 0 Å². The maximum atomic E-state index is 5.81. The van der Waals surface area contributed by atoms with E-state index < -0.39 is 0 Å². The van der Waals surface area contributed by atoms with E-state index in [0.717, 1.165) is 11.3 Å². The van der Waals surface area contributed by atoms with Gasteiger partial charge in [0.2, 0.25) is 10.6 Å². The molecule has 0 spiro atoms. The molecule has 4 aromatic heterocycles. The topological polar surface area (TPSA) is 147 Å². The summed E-state index contributed by atoms with van der Waals surface area (Å²) in [5, 5.41) is 3.97. The zero-order valence-electron chi connectivity index (χ0n) is 16.4. The highest BCUT2D eigenvalue weighted by Gasteiger charge is 2.19. The van der Waals surface area contributed by atoms with Crippen LogP contribution in [0.5, 0.6) is 0 Å². The lowest BCUT2D eigenvalue weighted by Gasteiger charge is -2.26. The summed E-state index contributed by atoms with van der Waals surface area (Å²) >= 11 is 17.0. The van der Waals surface area contributed by atoms with Gasteiger partial charge in [0.1, 0.15) is 11.0 Å². The number of nitrogens with two attached hydrogens (primary N) is 1. The summed E-state index contributed by atoms with van der Waals surface area (Å²) in [5.41, 5.74) is 7.90. The van der Waals surface area contributed by atoms with Crippen LogP contribution in [0.1, 0.15) is 38.5 Å². The summed E-state index contributed by atoms with van der Waals surface area (Å²) in [5.74, 6) is 0.757. The van der Waals surface area contributed by atoms with Gasteiger partial charge in [-0.3, -0.25) is 0 Å². The van der Waals surface area contributed by atoms with Crippen molar-refractivity contribution >= 4 is 62.9 Å². The second-order valence-electron chi connectivity index (χ2n) is 7.29. The molecule has 5 N–H and O–H groups in total. The maximum absolute atomic E-state index is 5.81. The van der Waals surface area contributed by atoms with E-state index in [1.165, 1.54) is 44.9 Å². The summed E-state index contributed by atoms with van der Waals surface area (Å²) in [4.78, 5) is 29.5. The number of aromatic nitrogens is 8. The van der Waals surface area contributed by atoms with Crippen LogP contribution >= 0.6 is 34.8 Å². The Morgan fingerprint density at radius 2 is 1.35 bits per heavy atom. The normalized spacial score (nSPS) is 16.0. The molecule has 0 unspecified atom stereocenters. The molecule has 13 heteroatoms. The molecule has 10 nitrogen and oxygen atoms in total. The Morgan fingerprint density at radius 1 is 0.806 bits per heavy atom. The fourth-order valence-electron chi connectivity index (χ4n) is 2.87. The number of nitrogens with zero attached hydrogens (tertiary/aromatic N) is 6. The number of nitrogens with one attached hydrogen (secondary N) is 3. The summed E-state index contributed by atoms with van der Waals surface area (Å²) < 4.78 is 0. The molecule has 164 valence electrons. The van der Waals surface area contributed by atoms with Gasteiger partial charge < -0.3 is 21.0 Å². The van der Waals surface area contributed by atoms with Crippen molar-refractivity contribution in [3.05, 3.63) is 28.4 Å². The predicted octanol–water partition coefficient (Wildman–Crippen LogP) is 4.13. The van der Waals surface area contributed by atoms with Gasteiger partial charge >= 0.3 is 0 Å². The lowest BCUT2D eigenvalue weighted by Crippen LogP contribution is -2.27. The number of imidazole rings is 2. The van der Waals surface area contributed by atoms with Crippen molar-refractivity contribution in [3.63, 3.8) is 0 Å². The van der Waals surface area contributed by atoms with Gasteiger partial charge in [0.25, 0.3) is 0 Å². The molecule has 0 saturated heterocycles. The van der Waals surface area contributed by atoms with Gasteiger partial charge in [0, 0.05) is 12.1 Å². The third-order valence-electron chi connectivity index (χ3n) is 5.07. The number of fused-ring (bicyclic) bond motifs is 2. The van der Waals surface area contributed by atoms with Crippen LogP contribution in [-0.2, 0) is 0 Å². The lowest BCUT2D eigenvalue weighted by atomic mass is 9.93. The van der Waals surface area contributed by atoms with Crippen molar-refractivity contribution in [2.24, 2.45) is 5.73 Å². The SMILES string of the molecule is Clc1nc(Cl)c2[nH]cnc2n1.Clc1nc(NC2CCC2)c2[nH]cnc2n1.NC1CCC1. The molecule has 2 saturated carbocycles. The number of H-pyrrole nitrogens is 2. The van der Waals surface area contributed by atoms with Gasteiger partial charge in [-0.1, -0.05) is 18.0 Å². The first-order valence-electron chi connectivity index (χ1n) is 9.90. The maximum Gasteiger partial charge on any atom is 0.226 e. The highest BCUT2D eigenvalue weighted by atomic mass is 35.5. The zero-order chi connectivity index (χ0) is 21.8. The van der Waals surface area contributed by atoms with Crippen LogP contribution in [0.2, 0.25) is 15.7 Å². The molecule has 0 aliphatic heterocycles. The van der Waals surface area contributed by atoms with Crippen molar-refractivity contribution < 1.29 is 0 Å². The number of hydrogen-bond donors (Lipinski definition) is 4. The molecule has 0 aromatic carbocycles. The van der Waals surface area contributed by atoms with Crippen molar-refractivity contribution in [2.45, 2.75) is 50.6 Å². The third kappa shape index (κ3) is 5.51. The smallest absolute Gasteiger partial charge is 0.226 e. The monoisotopic (exact) mass is 482 g/mol. The zero-order valence-corrected chi connectivity index (χ0v) is 18.7. The molecule has 6 rings (SSSR count). The third-order valence-corrected chi connectivity index (χ3v) is 5.68. The van der Waals surface area contributed by atoms with Crippen LogP contribution in [0.4, 0.5) is 5.82 Å². The van der Waals surface area contributed by atoms with E-state index in [-0.39, 0.29) is 15.7 Å². The highest BCUT2D eigenvalue weighted by molar-refractivity contribution is 6.35. The molecule has 4 aromatic rings. The average Bonchev–Trinajstić information content (AvgIpc) is 3.33. The molecule has 31 heavy (non-hydrogen) atoms. The summed E-state index contributed by atoms with van der Waals surface area (Å²) in [7, 11) is 0. The fraction of sp³-hybridized carbons (Fsp3) is 0.444. The van der Waals surface area contributed by atoms with Crippen LogP contribution < -0.4 is 11.1 Å². The first kappa shape index (κ1) is 21.9. The number of hydrogen-bond acceptors (Lipinski definition) is 8. The Kier molecular flexibility index (Phi) is 7.01. The average molecular weight is 484 g/mol. The Bertz CT molecular complexity index is 1150. The number of anilines is 1. The van der Waals surface area contributed by atoms with Gasteiger partial charge in [-0.05, 0) is 55.3 Å². The molecule has 2 aliphatic carbocycles. The molecule has 0 radical (unpaired) electrons. The summed E-state index contributed by atoms with van der Waals surface area (Å²) in [6.45, 7) is 0. The van der Waals surface area contributed by atoms with E-state index in [4.69, 9.17) is 40.5 Å². The highest BCUT2D eigenvalue weighted by Crippen LogP contribution is 2.26. The Hall–Kier alpha value is -2.27. The molecule has 0 bridgehead atoms. The largest absolute Gasteiger partial charge is 0.365 e. The Balaban J connectivity index is 0.000000126. The van der Waals surface area contributed by atoms with E-state index in [2.05, 4.69) is 45.2 Å². The molecule has 0 atom stereocenters. The second kappa shape index (κ2) is 9.90. The van der Waals surface area contributed by atoms with Crippen LogP contribution in [-0.4, -0.2) is 52.0 Å². The summed E-state index contributed by atoms with van der Waals surface area (Å²) in [6.07, 6.45) is 10.6. The van der Waals surface area contributed by atoms with Gasteiger partial charge in [-0.2, -0.15) is 15.0 Å². The van der Waals surface area contributed by atoms with Crippen molar-refractivity contribution in [2.75, 3.05) is 5.32 Å². The van der Waals surface area contributed by atoms with Crippen LogP contribution in [0.15, 0.2) is 12.7 Å². The number of halogens is 3. The first-order valence-corrected chi connectivity index (χ1v) is 11.0. The van der Waals surface area contributed by atoms with Gasteiger partial charge in [-0.25, -0.2) is 15.0 Å². The van der Waals surface area contributed by atoms with Crippen molar-refractivity contribution in [1.29, 1.82) is 0 Å². The molecule has 2 aliphatic rings. The van der Waals surface area contributed by atoms with E-state index in [0.29, 0.717) is 28.9 Å². The number of rotatable bonds is 2. The van der Waals surface area contributed by atoms with Gasteiger partial charge in [0.15, 0.2) is 22.3 Å². The molecule has 2 fully saturated rings. The van der Waals surface area contributed by atoms with Crippen LogP contribution in [0, 0.1) is 0 Å². The first-order chi connectivity index (χ1) is 15.0. The second-order valence-corrected chi connectivity index (χ2v) is 8.32. The number of aromatic amines is 2. The Labute approximate surface area is 192 Å². The van der Waals surface area contributed by atoms with Crippen molar-refractivity contribution in [3.8, 4) is 0 Å². The predicted molar refractivity (Wildman–Crippen MR) is 121 cm³/mol. The fourth-order valence-corrected chi connectivity index (χ4v) is 3.46. The van der Waals surface area contributed by atoms with Gasteiger partial charge in [0.05, 0.1) is 12.7 Å². The van der Waals surface area contributed by atoms with Gasteiger partial charge in [-0.15, -0.1) is 0 Å². The Morgan fingerprint density at radius 3 is 1.90 bits per heavy atom. The standard InChI is InChI=1S/C9H10ClN5.C5H2Cl2N4.C4H9N/c10-9-14-7-6(11-4-12-7)8(15-9)13-5-2-1-3-5;6-3-2-4(9-1-8-2)11-5(7)10-3;5-4-2-1-3-4/h4-5H,1-3H2,(H2,11,12,13,14,15);1H,(H,8,9,10,11);4H,1-3,5H2. The van der Waals surface area contributed by atoms with Crippen molar-refractivity contribution in [1.82, 2.24) is 39.9 Å². The van der Waals surface area contributed by atoms with E-state index in [9.17, 15) is 0 Å². The van der Waals surface area contributed by atoms with Crippen LogP contribution in [0.3, 0.4) is 0 Å². The quantitative estimate of drug-likeness (QED) is 0.246. The van der Waals surface area contributed by atoms with Crippen LogP contribution in [0.25, 0.3) is 22.3 Å². The molecular weight excluding hydrogens is 463 g/mol. The molecule has 4 heterocycles. The minimum absolute atomic E-state index is 0.106. The molecular formula is C18H21Cl3N10. The lowest BCUT2D eigenvalue weighted by molar-refractivity contribution is 0.418. The minimum atomic E-state index is 0.106. The molecule has 0 amide bonds. The van der Waals surface area contributed by atoms with E-state index in [1.54, 1.807) is 6.33 Å². The minimum Gasteiger partial charge on any atom is -0.365 e. The summed E-state index contributed by atoms with van der Waals surface area (Å²) in [6, 6.07) is 1.08.